The van der Waals surface area contributed by atoms with Crippen LogP contribution in [-0.4, -0.2) is 45.3 Å². The van der Waals surface area contributed by atoms with E-state index in [9.17, 15) is 0 Å². The normalized spacial score (nSPS) is 12.7. The van der Waals surface area contributed by atoms with Crippen molar-refractivity contribution in [2.45, 2.75) is 84.1 Å². The lowest BCUT2D eigenvalue weighted by atomic mass is 10.1. The van der Waals surface area contributed by atoms with E-state index in [0.29, 0.717) is 6.04 Å². The highest BCUT2D eigenvalue weighted by Gasteiger charge is 2.00. The lowest BCUT2D eigenvalue weighted by molar-refractivity contribution is 0.468. The number of unbranched alkanes of at least 4 members (excludes halogenated alkanes) is 5. The van der Waals surface area contributed by atoms with Crippen LogP contribution in [0.5, 0.6) is 0 Å². The average Bonchev–Trinajstić information content (AvgIpc) is 2.56. The molecule has 1 unspecified atom stereocenters. The zero-order chi connectivity index (χ0) is 17.0. The Labute approximate surface area is 145 Å². The topological polar surface area (TPSA) is 62.1 Å². The predicted octanol–water partition coefficient (Wildman–Crippen LogP) is 3.02. The summed E-state index contributed by atoms with van der Waals surface area (Å²) in [5.74, 6) is 0. The van der Waals surface area contributed by atoms with E-state index in [4.69, 9.17) is 5.73 Å². The van der Waals surface area contributed by atoms with E-state index in [1.165, 1.54) is 57.8 Å². The SMILES string of the molecule is CCCCCCCCC(C)NCCCNCCCNCCCN. The fourth-order valence-corrected chi connectivity index (χ4v) is 2.71. The Kier molecular flexibility index (Phi) is 19.7. The molecule has 0 saturated heterocycles. The van der Waals surface area contributed by atoms with Crippen molar-refractivity contribution in [3.05, 3.63) is 0 Å². The smallest absolute Gasteiger partial charge is 0.00387 e. The second kappa shape index (κ2) is 19.9. The standard InChI is InChI=1S/C19H44N4/c1-3-4-5-6-7-8-12-19(2)23-18-11-17-22-16-10-15-21-14-9-13-20/h19,21-23H,3-18,20H2,1-2H3. The number of rotatable bonds is 19. The third-order valence-corrected chi connectivity index (χ3v) is 4.28. The van der Waals surface area contributed by atoms with Crippen molar-refractivity contribution < 1.29 is 0 Å². The summed E-state index contributed by atoms with van der Waals surface area (Å²) in [4.78, 5) is 0. The predicted molar refractivity (Wildman–Crippen MR) is 104 cm³/mol. The average molecular weight is 329 g/mol. The van der Waals surface area contributed by atoms with Crippen molar-refractivity contribution in [2.75, 3.05) is 39.3 Å². The molecule has 0 fully saturated rings. The van der Waals surface area contributed by atoms with Gasteiger partial charge in [0.2, 0.25) is 0 Å². The van der Waals surface area contributed by atoms with Gasteiger partial charge in [-0.1, -0.05) is 45.4 Å². The lowest BCUT2D eigenvalue weighted by Crippen LogP contribution is -2.30. The van der Waals surface area contributed by atoms with Gasteiger partial charge in [0.25, 0.3) is 0 Å². The Balaban J connectivity index is 3.10. The van der Waals surface area contributed by atoms with Crippen molar-refractivity contribution in [1.82, 2.24) is 16.0 Å². The molecular weight excluding hydrogens is 284 g/mol. The van der Waals surface area contributed by atoms with Crippen LogP contribution in [0.4, 0.5) is 0 Å². The molecule has 23 heavy (non-hydrogen) atoms. The molecule has 0 amide bonds. The highest BCUT2D eigenvalue weighted by atomic mass is 14.9. The summed E-state index contributed by atoms with van der Waals surface area (Å²) in [5, 5.41) is 10.6. The molecule has 0 spiro atoms. The molecule has 0 aliphatic rings. The zero-order valence-corrected chi connectivity index (χ0v) is 16.0. The van der Waals surface area contributed by atoms with E-state index in [2.05, 4.69) is 29.8 Å². The van der Waals surface area contributed by atoms with Crippen molar-refractivity contribution in [3.8, 4) is 0 Å². The molecule has 0 heterocycles. The van der Waals surface area contributed by atoms with Gasteiger partial charge in [0.1, 0.15) is 0 Å². The Bertz CT molecular complexity index is 212. The molecule has 0 saturated carbocycles. The van der Waals surface area contributed by atoms with Gasteiger partial charge < -0.3 is 21.7 Å². The third kappa shape index (κ3) is 19.8. The maximum Gasteiger partial charge on any atom is 0.00387 e. The number of nitrogens with one attached hydrogen (secondary N) is 3. The van der Waals surface area contributed by atoms with Gasteiger partial charge in [0.05, 0.1) is 0 Å². The number of hydrogen-bond donors (Lipinski definition) is 4. The first-order valence-corrected chi connectivity index (χ1v) is 10.2. The number of nitrogens with two attached hydrogens (primary N) is 1. The lowest BCUT2D eigenvalue weighted by Gasteiger charge is -2.14. The molecule has 4 nitrogen and oxygen atoms in total. The summed E-state index contributed by atoms with van der Waals surface area (Å²) >= 11 is 0. The van der Waals surface area contributed by atoms with Crippen LogP contribution in [-0.2, 0) is 0 Å². The molecule has 5 N–H and O–H groups in total. The third-order valence-electron chi connectivity index (χ3n) is 4.28. The Morgan fingerprint density at radius 2 is 1.26 bits per heavy atom. The molecule has 0 radical (unpaired) electrons. The van der Waals surface area contributed by atoms with E-state index >= 15 is 0 Å². The summed E-state index contributed by atoms with van der Waals surface area (Å²) in [5.41, 5.74) is 5.45. The van der Waals surface area contributed by atoms with Crippen LogP contribution in [0.25, 0.3) is 0 Å². The van der Waals surface area contributed by atoms with Crippen LogP contribution in [0.3, 0.4) is 0 Å². The van der Waals surface area contributed by atoms with Gasteiger partial charge in [-0.3, -0.25) is 0 Å². The monoisotopic (exact) mass is 328 g/mol. The van der Waals surface area contributed by atoms with Crippen molar-refractivity contribution in [2.24, 2.45) is 5.73 Å². The molecule has 1 atom stereocenters. The molecule has 0 aliphatic carbocycles. The largest absolute Gasteiger partial charge is 0.330 e. The van der Waals surface area contributed by atoms with Crippen LogP contribution in [0.15, 0.2) is 0 Å². The van der Waals surface area contributed by atoms with Gasteiger partial charge in [-0.05, 0) is 71.9 Å². The molecule has 0 aromatic carbocycles. The van der Waals surface area contributed by atoms with E-state index < -0.39 is 0 Å². The minimum atomic E-state index is 0.674. The molecule has 4 heteroatoms. The second-order valence-electron chi connectivity index (χ2n) is 6.76. The number of hydrogen-bond acceptors (Lipinski definition) is 4. The Morgan fingerprint density at radius 1 is 0.696 bits per heavy atom. The fraction of sp³-hybridized carbons (Fsp3) is 1.00. The summed E-state index contributed by atoms with van der Waals surface area (Å²) in [7, 11) is 0. The van der Waals surface area contributed by atoms with E-state index in [1.54, 1.807) is 0 Å². The molecule has 0 rings (SSSR count). The van der Waals surface area contributed by atoms with Crippen LogP contribution in [0, 0.1) is 0 Å². The van der Waals surface area contributed by atoms with Crippen LogP contribution >= 0.6 is 0 Å². The minimum absolute atomic E-state index is 0.674. The maximum atomic E-state index is 5.45. The molecule has 0 bridgehead atoms. The van der Waals surface area contributed by atoms with Crippen LogP contribution in [0.2, 0.25) is 0 Å². The second-order valence-corrected chi connectivity index (χ2v) is 6.76. The molecule has 140 valence electrons. The molecular formula is C19H44N4. The van der Waals surface area contributed by atoms with Crippen LogP contribution in [0.1, 0.15) is 78.1 Å². The molecule has 0 aliphatic heterocycles. The molecule has 0 aromatic heterocycles. The summed E-state index contributed by atoms with van der Waals surface area (Å²) in [6.45, 7) is 10.9. The Morgan fingerprint density at radius 3 is 1.91 bits per heavy atom. The van der Waals surface area contributed by atoms with Crippen molar-refractivity contribution >= 4 is 0 Å². The van der Waals surface area contributed by atoms with Gasteiger partial charge in [-0.25, -0.2) is 0 Å². The van der Waals surface area contributed by atoms with Crippen molar-refractivity contribution in [3.63, 3.8) is 0 Å². The van der Waals surface area contributed by atoms with E-state index in [0.717, 1.165) is 45.7 Å². The fourth-order valence-electron chi connectivity index (χ4n) is 2.71. The van der Waals surface area contributed by atoms with Gasteiger partial charge in [-0.15, -0.1) is 0 Å². The molecule has 0 aromatic rings. The van der Waals surface area contributed by atoms with Gasteiger partial charge in [-0.2, -0.15) is 0 Å². The van der Waals surface area contributed by atoms with E-state index in [1.807, 2.05) is 0 Å². The Hall–Kier alpha value is -0.160. The highest BCUT2D eigenvalue weighted by molar-refractivity contribution is 4.62. The zero-order valence-electron chi connectivity index (χ0n) is 16.0. The first-order valence-electron chi connectivity index (χ1n) is 10.2. The van der Waals surface area contributed by atoms with E-state index in [-0.39, 0.29) is 0 Å². The summed E-state index contributed by atoms with van der Waals surface area (Å²) in [6, 6.07) is 0.674. The first-order chi connectivity index (χ1) is 11.3. The quantitative estimate of drug-likeness (QED) is 0.275. The highest BCUT2D eigenvalue weighted by Crippen LogP contribution is 2.08. The first kappa shape index (κ1) is 22.8. The maximum absolute atomic E-state index is 5.45. The minimum Gasteiger partial charge on any atom is -0.330 e. The van der Waals surface area contributed by atoms with Gasteiger partial charge >= 0.3 is 0 Å². The van der Waals surface area contributed by atoms with Gasteiger partial charge in [0.15, 0.2) is 0 Å². The summed E-state index contributed by atoms with van der Waals surface area (Å²) in [6.07, 6.45) is 13.2. The van der Waals surface area contributed by atoms with Crippen LogP contribution < -0.4 is 21.7 Å². The van der Waals surface area contributed by atoms with Crippen molar-refractivity contribution in [1.29, 1.82) is 0 Å². The summed E-state index contributed by atoms with van der Waals surface area (Å²) < 4.78 is 0. The van der Waals surface area contributed by atoms with Gasteiger partial charge in [0, 0.05) is 6.04 Å².